The standard InChI is InChI=1S/C33H56N2O4Se/c1-5-6-7-8-9-10-11-12-13-14-18-23-30(40-28-21-16-15-17-22-28)31(36)32-29(26-38-33(2,3)39-32)34-35-24-19-20-27(35)25-37-4/h15-17,21-22,27,30-32,36H,5-14,18-20,23-26H2,1-4H3/t27-,30?,31+,32+/m0/s1. The Morgan fingerprint density at radius 2 is 1.68 bits per heavy atom. The molecule has 4 atom stereocenters. The van der Waals surface area contributed by atoms with Crippen LogP contribution in [0.5, 0.6) is 0 Å². The van der Waals surface area contributed by atoms with Crippen LogP contribution in [-0.4, -0.2) is 81.7 Å². The van der Waals surface area contributed by atoms with Gasteiger partial charge < -0.3 is 0 Å². The van der Waals surface area contributed by atoms with E-state index >= 15 is 0 Å². The van der Waals surface area contributed by atoms with Crippen LogP contribution in [0.3, 0.4) is 0 Å². The Kier molecular flexibility index (Phi) is 15.6. The molecule has 40 heavy (non-hydrogen) atoms. The third-order valence-electron chi connectivity index (χ3n) is 8.08. The summed E-state index contributed by atoms with van der Waals surface area (Å²) in [7, 11) is 1.75. The Hall–Kier alpha value is -0.951. The molecule has 1 N–H and O–H groups in total. The van der Waals surface area contributed by atoms with Gasteiger partial charge in [-0.1, -0.05) is 13.3 Å². The van der Waals surface area contributed by atoms with Gasteiger partial charge >= 0.3 is 238 Å². The fraction of sp³-hybridized carbons (Fsp3) is 0.788. The molecule has 2 aliphatic rings. The van der Waals surface area contributed by atoms with Crippen molar-refractivity contribution >= 4 is 25.1 Å². The number of aliphatic hydroxyl groups is 1. The first-order valence-electron chi connectivity index (χ1n) is 16.0. The Bertz CT molecular complexity index is 837. The van der Waals surface area contributed by atoms with E-state index in [1.807, 2.05) is 13.8 Å². The van der Waals surface area contributed by atoms with Crippen LogP contribution in [0.4, 0.5) is 0 Å². The Balaban J connectivity index is 1.60. The molecule has 2 aliphatic heterocycles. The summed E-state index contributed by atoms with van der Waals surface area (Å²) in [6, 6.07) is 10.9. The molecule has 6 nitrogen and oxygen atoms in total. The van der Waals surface area contributed by atoms with Crippen molar-refractivity contribution in [1.29, 1.82) is 0 Å². The van der Waals surface area contributed by atoms with Crippen molar-refractivity contribution in [2.45, 2.75) is 140 Å². The molecule has 2 heterocycles. The van der Waals surface area contributed by atoms with Crippen LogP contribution in [0.25, 0.3) is 0 Å². The van der Waals surface area contributed by atoms with E-state index < -0.39 is 18.0 Å². The second-order valence-corrected chi connectivity index (χ2v) is 14.8. The van der Waals surface area contributed by atoms with E-state index in [9.17, 15) is 5.11 Å². The molecule has 0 radical (unpaired) electrons. The maximum absolute atomic E-state index is 11.9. The summed E-state index contributed by atoms with van der Waals surface area (Å²) < 4.78 is 19.2. The van der Waals surface area contributed by atoms with Gasteiger partial charge in [0, 0.05) is 0 Å². The average molecular weight is 624 g/mol. The fourth-order valence-corrected chi connectivity index (χ4v) is 8.33. The van der Waals surface area contributed by atoms with E-state index in [1.54, 1.807) is 7.11 Å². The second-order valence-electron chi connectivity index (χ2n) is 12.0. The van der Waals surface area contributed by atoms with Gasteiger partial charge in [0.05, 0.1) is 0 Å². The van der Waals surface area contributed by atoms with Gasteiger partial charge in [0.1, 0.15) is 0 Å². The fourth-order valence-electron chi connectivity index (χ4n) is 5.75. The quantitative estimate of drug-likeness (QED) is 0.141. The number of hydrogen-bond donors (Lipinski definition) is 1. The predicted octanol–water partition coefficient (Wildman–Crippen LogP) is 6.48. The third-order valence-corrected chi connectivity index (χ3v) is 10.9. The van der Waals surface area contributed by atoms with Gasteiger partial charge in [-0.25, -0.2) is 0 Å². The molecule has 1 aromatic rings. The van der Waals surface area contributed by atoms with Gasteiger partial charge in [0.15, 0.2) is 0 Å². The zero-order chi connectivity index (χ0) is 28.6. The number of hydrogen-bond acceptors (Lipinski definition) is 6. The monoisotopic (exact) mass is 624 g/mol. The molecule has 228 valence electrons. The van der Waals surface area contributed by atoms with Gasteiger partial charge in [-0.3, -0.25) is 0 Å². The van der Waals surface area contributed by atoms with Gasteiger partial charge in [-0.15, -0.1) is 0 Å². The first-order valence-corrected chi connectivity index (χ1v) is 17.8. The van der Waals surface area contributed by atoms with Crippen LogP contribution in [0.2, 0.25) is 4.82 Å². The number of nitrogens with zero attached hydrogens (tertiary/aromatic N) is 2. The molecule has 1 aromatic carbocycles. The Morgan fingerprint density at radius 1 is 1.02 bits per heavy atom. The van der Waals surface area contributed by atoms with Gasteiger partial charge in [0.25, 0.3) is 0 Å². The average Bonchev–Trinajstić information content (AvgIpc) is 3.38. The summed E-state index contributed by atoms with van der Waals surface area (Å²) in [5, 5.41) is 19.1. The van der Waals surface area contributed by atoms with Crippen molar-refractivity contribution in [3.63, 3.8) is 0 Å². The summed E-state index contributed by atoms with van der Waals surface area (Å²) in [6.07, 6.45) is 16.7. The predicted molar refractivity (Wildman–Crippen MR) is 167 cm³/mol. The molecule has 0 spiro atoms. The van der Waals surface area contributed by atoms with E-state index in [0.717, 1.165) is 37.9 Å². The molecule has 0 saturated carbocycles. The number of hydrazone groups is 1. The van der Waals surface area contributed by atoms with Crippen molar-refractivity contribution in [1.82, 2.24) is 5.01 Å². The maximum atomic E-state index is 11.9. The van der Waals surface area contributed by atoms with Crippen molar-refractivity contribution in [2.75, 3.05) is 26.9 Å². The normalized spacial score (nSPS) is 23.5. The molecule has 7 heteroatoms. The zero-order valence-corrected chi connectivity index (χ0v) is 27.4. The minimum atomic E-state index is -0.748. The van der Waals surface area contributed by atoms with E-state index in [2.05, 4.69) is 42.3 Å². The van der Waals surface area contributed by atoms with E-state index in [4.69, 9.17) is 19.3 Å². The molecule has 2 saturated heterocycles. The van der Waals surface area contributed by atoms with Crippen LogP contribution in [0.1, 0.15) is 111 Å². The number of aliphatic hydroxyl groups excluding tert-OH is 1. The zero-order valence-electron chi connectivity index (χ0n) is 25.7. The number of rotatable bonds is 19. The van der Waals surface area contributed by atoms with E-state index in [0.29, 0.717) is 13.2 Å². The van der Waals surface area contributed by atoms with Crippen molar-refractivity contribution in [3.8, 4) is 0 Å². The molecular formula is C33H56N2O4Se. The summed E-state index contributed by atoms with van der Waals surface area (Å²) in [4.78, 5) is 0.158. The molecule has 0 aliphatic carbocycles. The molecule has 2 fully saturated rings. The van der Waals surface area contributed by atoms with Crippen molar-refractivity contribution in [2.24, 2.45) is 5.10 Å². The van der Waals surface area contributed by atoms with Gasteiger partial charge in [-0.2, -0.15) is 0 Å². The van der Waals surface area contributed by atoms with Crippen LogP contribution in [0, 0.1) is 0 Å². The number of benzene rings is 1. The first-order chi connectivity index (χ1) is 19.4. The molecule has 1 unspecified atom stereocenters. The molecule has 0 aromatic heterocycles. The summed E-state index contributed by atoms with van der Waals surface area (Å²) in [5.41, 5.74) is 0.808. The molecule has 0 bridgehead atoms. The van der Waals surface area contributed by atoms with Crippen LogP contribution in [0.15, 0.2) is 35.4 Å². The number of methoxy groups -OCH3 is 1. The van der Waals surface area contributed by atoms with Gasteiger partial charge in [-0.05, 0) is 0 Å². The second kappa shape index (κ2) is 18.6. The number of ether oxygens (including phenoxy) is 3. The third kappa shape index (κ3) is 11.7. The minimum absolute atomic E-state index is 0.141. The van der Waals surface area contributed by atoms with E-state index in [-0.39, 0.29) is 25.8 Å². The van der Waals surface area contributed by atoms with Crippen molar-refractivity contribution in [3.05, 3.63) is 30.3 Å². The molecule has 3 rings (SSSR count). The summed E-state index contributed by atoms with van der Waals surface area (Å²) >= 11 is 0.141. The number of unbranched alkanes of at least 4 members (excludes halogenated alkanes) is 10. The Labute approximate surface area is 250 Å². The molecule has 0 amide bonds. The molecular weight excluding hydrogens is 567 g/mol. The summed E-state index contributed by atoms with van der Waals surface area (Å²) in [6.45, 7) is 8.11. The van der Waals surface area contributed by atoms with E-state index in [1.165, 1.54) is 68.7 Å². The SMILES string of the molecule is CCCCCCCCCCCCCC([Se]c1ccccc1)[C@@H](O)[C@@H]1OC(C)(C)OCC1=NN1CCC[C@H]1COC. The van der Waals surface area contributed by atoms with Crippen molar-refractivity contribution < 1.29 is 19.3 Å². The Morgan fingerprint density at radius 3 is 2.33 bits per heavy atom. The summed E-state index contributed by atoms with van der Waals surface area (Å²) in [5.74, 6) is -0.748. The van der Waals surface area contributed by atoms with Gasteiger partial charge in [0.2, 0.25) is 0 Å². The topological polar surface area (TPSA) is 63.5 Å². The first kappa shape index (κ1) is 33.6. The van der Waals surface area contributed by atoms with Crippen LogP contribution < -0.4 is 4.46 Å². The van der Waals surface area contributed by atoms with Crippen LogP contribution in [-0.2, 0) is 14.2 Å². The van der Waals surface area contributed by atoms with Crippen LogP contribution >= 0.6 is 0 Å².